The number of hydrogen-bond acceptors (Lipinski definition) is 5. The van der Waals surface area contributed by atoms with Crippen LogP contribution in [0.15, 0.2) is 74.9 Å². The van der Waals surface area contributed by atoms with Gasteiger partial charge in [-0.2, -0.15) is 0 Å². The summed E-state index contributed by atoms with van der Waals surface area (Å²) in [7, 11) is 0. The summed E-state index contributed by atoms with van der Waals surface area (Å²) in [6.07, 6.45) is 0. The molecule has 1 heterocycles. The van der Waals surface area contributed by atoms with Gasteiger partial charge in [-0.05, 0) is 67.4 Å². The number of carbonyl (C=O) groups excluding carboxylic acids is 1. The molecule has 4 rings (SSSR count). The minimum atomic E-state index is -0.420. The lowest BCUT2D eigenvalue weighted by Crippen LogP contribution is -2.49. The summed E-state index contributed by atoms with van der Waals surface area (Å²) in [5.74, 6) is -0.168. The Labute approximate surface area is 205 Å². The fourth-order valence-electron chi connectivity index (χ4n) is 3.92. The van der Waals surface area contributed by atoms with Gasteiger partial charge in [0.1, 0.15) is 0 Å². The molecular formula is C25H24BrN3O3S. The molecule has 0 aliphatic carbocycles. The maximum absolute atomic E-state index is 13.1. The van der Waals surface area contributed by atoms with E-state index in [1.807, 2.05) is 24.3 Å². The molecule has 8 heteroatoms. The summed E-state index contributed by atoms with van der Waals surface area (Å²) >= 11 is 4.71. The first-order valence-electron chi connectivity index (χ1n) is 10.7. The van der Waals surface area contributed by atoms with Gasteiger partial charge in [0.2, 0.25) is 0 Å². The lowest BCUT2D eigenvalue weighted by molar-refractivity contribution is -0.387. The second kappa shape index (κ2) is 9.97. The molecule has 1 saturated heterocycles. The van der Waals surface area contributed by atoms with E-state index in [1.54, 1.807) is 17.0 Å². The van der Waals surface area contributed by atoms with E-state index in [2.05, 4.69) is 52.9 Å². The van der Waals surface area contributed by atoms with Gasteiger partial charge in [0.15, 0.2) is 0 Å². The van der Waals surface area contributed by atoms with Crippen molar-refractivity contribution in [2.45, 2.75) is 23.6 Å². The van der Waals surface area contributed by atoms with Crippen molar-refractivity contribution in [2.75, 3.05) is 31.1 Å². The van der Waals surface area contributed by atoms with Crippen LogP contribution in [0.1, 0.15) is 21.5 Å². The molecule has 0 bridgehead atoms. The molecule has 0 aromatic heterocycles. The summed E-state index contributed by atoms with van der Waals surface area (Å²) in [5.41, 5.74) is 4.00. The molecule has 33 heavy (non-hydrogen) atoms. The largest absolute Gasteiger partial charge is 0.368 e. The number of nitrogens with zero attached hydrogens (tertiary/aromatic N) is 3. The lowest BCUT2D eigenvalue weighted by atomic mass is 10.1. The van der Waals surface area contributed by atoms with Crippen molar-refractivity contribution in [3.05, 3.63) is 91.9 Å². The third-order valence-electron chi connectivity index (χ3n) is 5.93. The molecule has 1 aliphatic heterocycles. The summed E-state index contributed by atoms with van der Waals surface area (Å²) in [6.45, 7) is 6.84. The minimum absolute atomic E-state index is 0.0530. The van der Waals surface area contributed by atoms with Crippen molar-refractivity contribution < 1.29 is 9.72 Å². The highest BCUT2D eigenvalue weighted by Gasteiger charge is 2.25. The maximum atomic E-state index is 13.1. The van der Waals surface area contributed by atoms with E-state index >= 15 is 0 Å². The number of nitro benzene ring substituents is 1. The summed E-state index contributed by atoms with van der Waals surface area (Å²) < 4.78 is 0.944. The number of rotatable bonds is 5. The molecule has 3 aromatic carbocycles. The van der Waals surface area contributed by atoms with Gasteiger partial charge in [0, 0.05) is 52.9 Å². The van der Waals surface area contributed by atoms with Crippen LogP contribution < -0.4 is 4.90 Å². The average Bonchev–Trinajstić information content (AvgIpc) is 2.82. The predicted molar refractivity (Wildman–Crippen MR) is 135 cm³/mol. The minimum Gasteiger partial charge on any atom is -0.368 e. The number of nitro groups is 1. The fourth-order valence-corrected chi connectivity index (χ4v) is 5.08. The topological polar surface area (TPSA) is 66.7 Å². The van der Waals surface area contributed by atoms with E-state index in [4.69, 9.17) is 0 Å². The van der Waals surface area contributed by atoms with Crippen molar-refractivity contribution in [2.24, 2.45) is 0 Å². The first-order chi connectivity index (χ1) is 15.8. The van der Waals surface area contributed by atoms with Crippen LogP contribution in [0.3, 0.4) is 0 Å². The van der Waals surface area contributed by atoms with E-state index < -0.39 is 4.92 Å². The second-order valence-corrected chi connectivity index (χ2v) is 10.0. The van der Waals surface area contributed by atoms with Gasteiger partial charge in [0.05, 0.1) is 9.82 Å². The van der Waals surface area contributed by atoms with E-state index in [1.165, 1.54) is 34.6 Å². The Morgan fingerprint density at radius 3 is 2.36 bits per heavy atom. The van der Waals surface area contributed by atoms with Crippen molar-refractivity contribution in [3.63, 3.8) is 0 Å². The van der Waals surface area contributed by atoms with E-state index in [-0.39, 0.29) is 11.6 Å². The molecule has 0 unspecified atom stereocenters. The molecule has 170 valence electrons. The molecule has 0 atom stereocenters. The molecule has 0 spiro atoms. The third-order valence-corrected chi connectivity index (χ3v) is 7.53. The molecule has 1 fully saturated rings. The van der Waals surface area contributed by atoms with E-state index in [0.29, 0.717) is 23.5 Å². The highest BCUT2D eigenvalue weighted by Crippen LogP contribution is 2.36. The zero-order chi connectivity index (χ0) is 23.5. The fraction of sp³-hybridized carbons (Fsp3) is 0.240. The van der Waals surface area contributed by atoms with Gasteiger partial charge in [0.25, 0.3) is 11.6 Å². The average molecular weight is 526 g/mol. The van der Waals surface area contributed by atoms with Crippen molar-refractivity contribution in [3.8, 4) is 0 Å². The van der Waals surface area contributed by atoms with Crippen molar-refractivity contribution in [1.82, 2.24) is 4.90 Å². The van der Waals surface area contributed by atoms with E-state index in [9.17, 15) is 14.9 Å². The smallest absolute Gasteiger partial charge is 0.284 e. The molecule has 6 nitrogen and oxygen atoms in total. The number of hydrogen-bond donors (Lipinski definition) is 0. The zero-order valence-corrected chi connectivity index (χ0v) is 20.9. The molecular weight excluding hydrogens is 502 g/mol. The Balaban J connectivity index is 1.48. The Hall–Kier alpha value is -2.84. The third kappa shape index (κ3) is 5.23. The maximum Gasteiger partial charge on any atom is 0.284 e. The molecule has 0 radical (unpaired) electrons. The first-order valence-corrected chi connectivity index (χ1v) is 12.3. The number of amides is 1. The number of halogens is 1. The Kier molecular flexibility index (Phi) is 7.05. The number of benzene rings is 3. The van der Waals surface area contributed by atoms with Gasteiger partial charge in [-0.15, -0.1) is 0 Å². The highest BCUT2D eigenvalue weighted by atomic mass is 79.9. The van der Waals surface area contributed by atoms with Crippen molar-refractivity contribution >= 4 is 45.0 Å². The number of piperazine rings is 1. The normalized spacial score (nSPS) is 13.8. The van der Waals surface area contributed by atoms with Crippen molar-refractivity contribution in [1.29, 1.82) is 0 Å². The number of aryl methyl sites for hydroxylation is 1. The standard InChI is InChI=1S/C25H24BrN3O3S/c1-17-4-3-5-22(18(17)2)27-12-14-28(15-13-27)25(30)19-6-11-24(23(16-19)29(31)32)33-21-9-7-20(26)8-10-21/h3-11,16H,12-15H2,1-2H3. The van der Waals surface area contributed by atoms with Crippen LogP contribution in [-0.2, 0) is 0 Å². The van der Waals surface area contributed by atoms with E-state index in [0.717, 1.165) is 22.5 Å². The van der Waals surface area contributed by atoms with Crippen LogP contribution in [0.4, 0.5) is 11.4 Å². The molecule has 0 N–H and O–H groups in total. The van der Waals surface area contributed by atoms with Gasteiger partial charge >= 0.3 is 0 Å². The second-order valence-electron chi connectivity index (χ2n) is 7.99. The van der Waals surface area contributed by atoms with Crippen LogP contribution >= 0.6 is 27.7 Å². The number of carbonyl (C=O) groups is 1. The van der Waals surface area contributed by atoms with Gasteiger partial charge in [-0.1, -0.05) is 39.8 Å². The lowest BCUT2D eigenvalue weighted by Gasteiger charge is -2.37. The quantitative estimate of drug-likeness (QED) is 0.298. The van der Waals surface area contributed by atoms with Gasteiger partial charge in [-0.3, -0.25) is 14.9 Å². The molecule has 1 aliphatic rings. The van der Waals surface area contributed by atoms with Crippen LogP contribution in [0.5, 0.6) is 0 Å². The first kappa shape index (κ1) is 23.3. The Bertz CT molecular complexity index is 1190. The summed E-state index contributed by atoms with van der Waals surface area (Å²) in [4.78, 5) is 29.9. The van der Waals surface area contributed by atoms with Gasteiger partial charge in [-0.25, -0.2) is 0 Å². The predicted octanol–water partition coefficient (Wildman–Crippen LogP) is 6.09. The van der Waals surface area contributed by atoms with Crippen LogP contribution in [0.25, 0.3) is 0 Å². The summed E-state index contributed by atoms with van der Waals surface area (Å²) in [5, 5.41) is 11.7. The SMILES string of the molecule is Cc1cccc(N2CCN(C(=O)c3ccc(Sc4ccc(Br)cc4)c([N+](=O)[O-])c3)CC2)c1C. The zero-order valence-electron chi connectivity index (χ0n) is 18.5. The molecule has 0 saturated carbocycles. The van der Waals surface area contributed by atoms with Crippen LogP contribution in [0.2, 0.25) is 0 Å². The Morgan fingerprint density at radius 1 is 1.00 bits per heavy atom. The Morgan fingerprint density at radius 2 is 1.70 bits per heavy atom. The van der Waals surface area contributed by atoms with Gasteiger partial charge < -0.3 is 9.80 Å². The van der Waals surface area contributed by atoms with Crippen LogP contribution in [0, 0.1) is 24.0 Å². The monoisotopic (exact) mass is 525 g/mol. The molecule has 3 aromatic rings. The van der Waals surface area contributed by atoms with Crippen LogP contribution in [-0.4, -0.2) is 41.9 Å². The highest BCUT2D eigenvalue weighted by molar-refractivity contribution is 9.10. The molecule has 1 amide bonds. The number of anilines is 1. The summed E-state index contributed by atoms with van der Waals surface area (Å²) in [6, 6.07) is 18.6.